The van der Waals surface area contributed by atoms with E-state index in [1.807, 2.05) is 55.5 Å². The zero-order valence-electron chi connectivity index (χ0n) is 17.4. The first kappa shape index (κ1) is 24.6. The number of aryl methyl sites for hydroxylation is 1. The molecule has 33 heavy (non-hydrogen) atoms. The molecular formula is C24H17BrClI2N3O2. The van der Waals surface area contributed by atoms with Crippen molar-refractivity contribution < 1.29 is 4.74 Å². The van der Waals surface area contributed by atoms with Gasteiger partial charge in [-0.15, -0.1) is 0 Å². The number of benzene rings is 3. The van der Waals surface area contributed by atoms with E-state index in [2.05, 4.69) is 71.2 Å². The number of aromatic nitrogens is 2. The summed E-state index contributed by atoms with van der Waals surface area (Å²) < 4.78 is 10.2. The van der Waals surface area contributed by atoms with E-state index in [0.717, 1.165) is 28.5 Å². The maximum absolute atomic E-state index is 13.1. The Morgan fingerprint density at radius 2 is 1.82 bits per heavy atom. The van der Waals surface area contributed by atoms with Crippen LogP contribution in [-0.2, 0) is 13.0 Å². The van der Waals surface area contributed by atoms with Crippen LogP contribution in [0.4, 0.5) is 0 Å². The standard InChI is InChI=1S/C24H17BrClI2N3O2/c1-2-22-30-21-8-5-16(25)11-18(21)24(32)31(22)29-12-15-9-19(27)23(20(28)10-15)33-13-14-3-6-17(26)7-4-14/h3-12H,2,13H2,1H3. The topological polar surface area (TPSA) is 56.5 Å². The monoisotopic (exact) mass is 747 g/mol. The summed E-state index contributed by atoms with van der Waals surface area (Å²) in [7, 11) is 0. The fraction of sp³-hybridized carbons (Fsp3) is 0.125. The van der Waals surface area contributed by atoms with Crippen LogP contribution in [0.1, 0.15) is 23.9 Å². The van der Waals surface area contributed by atoms with Gasteiger partial charge in [0.2, 0.25) is 0 Å². The Balaban J connectivity index is 1.62. The summed E-state index contributed by atoms with van der Waals surface area (Å²) in [4.78, 5) is 17.7. The summed E-state index contributed by atoms with van der Waals surface area (Å²) in [5, 5.41) is 5.70. The highest BCUT2D eigenvalue weighted by Crippen LogP contribution is 2.29. The van der Waals surface area contributed by atoms with Crippen LogP contribution in [0.2, 0.25) is 5.02 Å². The normalized spacial score (nSPS) is 11.4. The number of rotatable bonds is 6. The van der Waals surface area contributed by atoms with Gasteiger partial charge in [-0.25, -0.2) is 4.98 Å². The van der Waals surface area contributed by atoms with Crippen LogP contribution in [0.15, 0.2) is 69.0 Å². The van der Waals surface area contributed by atoms with Gasteiger partial charge in [-0.2, -0.15) is 9.78 Å². The average molecular weight is 749 g/mol. The fourth-order valence-corrected chi connectivity index (χ4v) is 5.81. The Hall–Kier alpha value is -1.50. The second kappa shape index (κ2) is 10.8. The van der Waals surface area contributed by atoms with Crippen molar-refractivity contribution in [2.24, 2.45) is 5.10 Å². The van der Waals surface area contributed by atoms with E-state index in [9.17, 15) is 4.79 Å². The maximum Gasteiger partial charge on any atom is 0.282 e. The number of halogens is 4. The molecule has 0 aliphatic carbocycles. The van der Waals surface area contributed by atoms with E-state index in [-0.39, 0.29) is 5.56 Å². The Bertz CT molecular complexity index is 1400. The van der Waals surface area contributed by atoms with Gasteiger partial charge in [0, 0.05) is 15.9 Å². The minimum atomic E-state index is -0.193. The van der Waals surface area contributed by atoms with Crippen LogP contribution in [0, 0.1) is 7.14 Å². The molecule has 1 aromatic heterocycles. The number of fused-ring (bicyclic) bond motifs is 1. The fourth-order valence-electron chi connectivity index (χ4n) is 3.20. The van der Waals surface area contributed by atoms with Gasteiger partial charge in [-0.3, -0.25) is 4.79 Å². The lowest BCUT2D eigenvalue weighted by atomic mass is 10.2. The summed E-state index contributed by atoms with van der Waals surface area (Å²) in [5.74, 6) is 1.42. The molecule has 0 amide bonds. The highest BCUT2D eigenvalue weighted by molar-refractivity contribution is 14.1. The summed E-state index contributed by atoms with van der Waals surface area (Å²) in [6, 6.07) is 17.0. The molecule has 0 spiro atoms. The molecule has 0 saturated heterocycles. The Labute approximate surface area is 231 Å². The molecule has 0 aliphatic heterocycles. The molecule has 3 aromatic carbocycles. The molecule has 168 valence electrons. The van der Waals surface area contributed by atoms with Crippen LogP contribution >= 0.6 is 72.7 Å². The minimum absolute atomic E-state index is 0.193. The smallest absolute Gasteiger partial charge is 0.282 e. The molecule has 5 nitrogen and oxygen atoms in total. The summed E-state index contributed by atoms with van der Waals surface area (Å²) >= 11 is 13.9. The van der Waals surface area contributed by atoms with Gasteiger partial charge in [0.25, 0.3) is 5.56 Å². The Morgan fingerprint density at radius 3 is 2.48 bits per heavy atom. The second-order valence-electron chi connectivity index (χ2n) is 7.13. The average Bonchev–Trinajstić information content (AvgIpc) is 2.79. The molecule has 0 aliphatic rings. The van der Waals surface area contributed by atoms with Gasteiger partial charge in [0.15, 0.2) is 0 Å². The summed E-state index contributed by atoms with van der Waals surface area (Å²) in [6.45, 7) is 2.40. The van der Waals surface area contributed by atoms with Crippen molar-refractivity contribution in [3.8, 4) is 5.75 Å². The molecule has 9 heteroatoms. The van der Waals surface area contributed by atoms with E-state index in [4.69, 9.17) is 16.3 Å². The predicted octanol–water partition coefficient (Wildman–Crippen LogP) is 7.05. The number of nitrogens with zero attached hydrogens (tertiary/aromatic N) is 3. The summed E-state index contributed by atoms with van der Waals surface area (Å²) in [6.07, 6.45) is 2.27. The number of ether oxygens (including phenoxy) is 1. The van der Waals surface area contributed by atoms with Gasteiger partial charge < -0.3 is 4.74 Å². The highest BCUT2D eigenvalue weighted by atomic mass is 127. The van der Waals surface area contributed by atoms with Crippen molar-refractivity contribution in [3.63, 3.8) is 0 Å². The van der Waals surface area contributed by atoms with Crippen LogP contribution in [0.25, 0.3) is 10.9 Å². The lowest BCUT2D eigenvalue weighted by Crippen LogP contribution is -2.22. The number of hydrogen-bond donors (Lipinski definition) is 0. The molecule has 4 aromatic rings. The molecule has 0 N–H and O–H groups in total. The first-order valence-corrected chi connectivity index (χ1v) is 13.3. The molecular weight excluding hydrogens is 731 g/mol. The third kappa shape index (κ3) is 5.77. The van der Waals surface area contributed by atoms with Crippen molar-refractivity contribution in [2.75, 3.05) is 0 Å². The van der Waals surface area contributed by atoms with Crippen molar-refractivity contribution >= 4 is 89.8 Å². The first-order chi connectivity index (χ1) is 15.9. The molecule has 0 unspecified atom stereocenters. The van der Waals surface area contributed by atoms with Crippen molar-refractivity contribution in [2.45, 2.75) is 20.0 Å². The third-order valence-electron chi connectivity index (χ3n) is 4.83. The second-order valence-corrected chi connectivity index (χ2v) is 10.8. The van der Waals surface area contributed by atoms with Crippen LogP contribution in [0.3, 0.4) is 0 Å². The molecule has 0 radical (unpaired) electrons. The van der Waals surface area contributed by atoms with Gasteiger partial charge >= 0.3 is 0 Å². The Morgan fingerprint density at radius 1 is 1.12 bits per heavy atom. The third-order valence-corrected chi connectivity index (χ3v) is 7.18. The molecule has 1 heterocycles. The first-order valence-electron chi connectivity index (χ1n) is 9.97. The zero-order valence-corrected chi connectivity index (χ0v) is 24.0. The quantitative estimate of drug-likeness (QED) is 0.157. The predicted molar refractivity (Wildman–Crippen MR) is 154 cm³/mol. The van der Waals surface area contributed by atoms with E-state index < -0.39 is 0 Å². The highest BCUT2D eigenvalue weighted by Gasteiger charge is 2.11. The lowest BCUT2D eigenvalue weighted by Gasteiger charge is -2.12. The van der Waals surface area contributed by atoms with Crippen molar-refractivity contribution in [1.29, 1.82) is 0 Å². The lowest BCUT2D eigenvalue weighted by molar-refractivity contribution is 0.302. The molecule has 0 fully saturated rings. The van der Waals surface area contributed by atoms with E-state index >= 15 is 0 Å². The largest absolute Gasteiger partial charge is 0.487 e. The van der Waals surface area contributed by atoms with Gasteiger partial charge in [-0.05, 0) is 98.8 Å². The van der Waals surface area contributed by atoms with E-state index in [1.165, 1.54) is 4.68 Å². The number of hydrogen-bond acceptors (Lipinski definition) is 4. The van der Waals surface area contributed by atoms with Crippen LogP contribution in [-0.4, -0.2) is 15.9 Å². The zero-order chi connectivity index (χ0) is 23.5. The molecule has 0 atom stereocenters. The SMILES string of the molecule is CCc1nc2ccc(Br)cc2c(=O)n1N=Cc1cc(I)c(OCc2ccc(Cl)cc2)c(I)c1. The maximum atomic E-state index is 13.1. The van der Waals surface area contributed by atoms with Crippen LogP contribution < -0.4 is 10.3 Å². The van der Waals surface area contributed by atoms with Crippen molar-refractivity contribution in [1.82, 2.24) is 9.66 Å². The minimum Gasteiger partial charge on any atom is -0.487 e. The van der Waals surface area contributed by atoms with Gasteiger partial charge in [-0.1, -0.05) is 46.6 Å². The van der Waals surface area contributed by atoms with E-state index in [0.29, 0.717) is 34.8 Å². The van der Waals surface area contributed by atoms with Gasteiger partial charge in [0.1, 0.15) is 18.2 Å². The Kier molecular flexibility index (Phi) is 8.08. The molecule has 0 bridgehead atoms. The van der Waals surface area contributed by atoms with E-state index in [1.54, 1.807) is 12.3 Å². The van der Waals surface area contributed by atoms with Crippen molar-refractivity contribution in [3.05, 3.63) is 98.5 Å². The molecule has 4 rings (SSSR count). The molecule has 0 saturated carbocycles. The van der Waals surface area contributed by atoms with Gasteiger partial charge in [0.05, 0.1) is 24.3 Å². The summed E-state index contributed by atoms with van der Waals surface area (Å²) in [5.41, 5.74) is 2.38. The van der Waals surface area contributed by atoms with Crippen LogP contribution in [0.5, 0.6) is 5.75 Å².